The van der Waals surface area contributed by atoms with E-state index in [1.54, 1.807) is 13.2 Å². The predicted molar refractivity (Wildman–Crippen MR) is 105 cm³/mol. The van der Waals surface area contributed by atoms with Gasteiger partial charge in [-0.15, -0.1) is 0 Å². The van der Waals surface area contributed by atoms with E-state index < -0.39 is 5.82 Å². The third-order valence-electron chi connectivity index (χ3n) is 6.68. The Morgan fingerprint density at radius 1 is 1.24 bits per heavy atom. The van der Waals surface area contributed by atoms with Crippen molar-refractivity contribution < 1.29 is 18.7 Å². The lowest BCUT2D eigenvalue weighted by molar-refractivity contribution is -0.146. The lowest BCUT2D eigenvalue weighted by Crippen LogP contribution is -2.52. The fourth-order valence-corrected chi connectivity index (χ4v) is 4.93. The summed E-state index contributed by atoms with van der Waals surface area (Å²) in [5.41, 5.74) is 0.571. The van der Waals surface area contributed by atoms with Gasteiger partial charge in [-0.25, -0.2) is 4.39 Å². The molecule has 6 nitrogen and oxygen atoms in total. The Hall–Kier alpha value is -2.02. The molecule has 1 aromatic heterocycles. The van der Waals surface area contributed by atoms with Gasteiger partial charge in [-0.1, -0.05) is 0 Å². The van der Waals surface area contributed by atoms with Crippen LogP contribution in [0.4, 0.5) is 4.39 Å². The second kappa shape index (κ2) is 8.78. The molecule has 0 spiro atoms. The van der Waals surface area contributed by atoms with Crippen molar-refractivity contribution in [1.82, 2.24) is 14.8 Å². The third-order valence-corrected chi connectivity index (χ3v) is 6.68. The maximum absolute atomic E-state index is 13.2. The van der Waals surface area contributed by atoms with Gasteiger partial charge in [0.15, 0.2) is 0 Å². The van der Waals surface area contributed by atoms with Crippen LogP contribution in [0.3, 0.4) is 0 Å². The zero-order valence-corrected chi connectivity index (χ0v) is 17.1. The molecule has 3 atom stereocenters. The number of rotatable bonds is 6. The van der Waals surface area contributed by atoms with E-state index in [2.05, 4.69) is 9.88 Å². The number of likely N-dealkylation sites (tertiary alicyclic amines) is 2. The van der Waals surface area contributed by atoms with E-state index in [4.69, 9.17) is 4.74 Å². The molecule has 1 saturated carbocycles. The zero-order valence-electron chi connectivity index (χ0n) is 17.1. The number of hydrogen-bond acceptors (Lipinski definition) is 4. The molecule has 2 amide bonds. The van der Waals surface area contributed by atoms with Gasteiger partial charge in [0.25, 0.3) is 0 Å². The van der Waals surface area contributed by atoms with E-state index in [0.717, 1.165) is 25.7 Å². The SMILES string of the molecule is COCC1CN(CC2CC2)C(=O)[C@H]2CCN(C(=O)Cc3ccc(F)cn3)CC[C@@H]12. The topological polar surface area (TPSA) is 62.7 Å². The number of carbonyl (C=O) groups is 2. The number of methoxy groups -OCH3 is 1. The second-order valence-electron chi connectivity index (χ2n) is 8.78. The van der Waals surface area contributed by atoms with Crippen molar-refractivity contribution >= 4 is 11.8 Å². The summed E-state index contributed by atoms with van der Waals surface area (Å²) in [5.74, 6) is 1.10. The quantitative estimate of drug-likeness (QED) is 0.730. The largest absolute Gasteiger partial charge is 0.384 e. The van der Waals surface area contributed by atoms with E-state index in [1.165, 1.54) is 18.9 Å². The van der Waals surface area contributed by atoms with Crippen molar-refractivity contribution in [3.63, 3.8) is 0 Å². The Bertz CT molecular complexity index is 737. The van der Waals surface area contributed by atoms with Crippen molar-refractivity contribution in [2.75, 3.05) is 39.9 Å². The molecule has 1 aromatic rings. The van der Waals surface area contributed by atoms with E-state index in [0.29, 0.717) is 43.6 Å². The molecule has 0 aromatic carbocycles. The standard InChI is InChI=1S/C22H30FN3O3/c1-29-14-16-13-26(12-15-2-3-15)22(28)20-7-9-25(8-6-19(16)20)21(27)10-18-5-4-17(23)11-24-18/h4-5,11,15-16,19-20H,2-3,6-10,12-14H2,1H3/t16?,19-,20-/m0/s1. The Kier molecular flexibility index (Phi) is 6.13. The number of ether oxygens (including phenoxy) is 1. The van der Waals surface area contributed by atoms with Gasteiger partial charge in [0.05, 0.1) is 19.2 Å². The molecule has 0 bridgehead atoms. The fraction of sp³-hybridized carbons (Fsp3) is 0.682. The summed E-state index contributed by atoms with van der Waals surface area (Å²) in [6, 6.07) is 2.88. The molecular formula is C22H30FN3O3. The van der Waals surface area contributed by atoms with E-state index in [1.807, 2.05) is 4.90 Å². The number of halogens is 1. The normalized spacial score (nSPS) is 27.5. The van der Waals surface area contributed by atoms with Crippen LogP contribution in [0.25, 0.3) is 0 Å². The van der Waals surface area contributed by atoms with E-state index in [9.17, 15) is 14.0 Å². The van der Waals surface area contributed by atoms with Crippen LogP contribution in [-0.2, 0) is 20.7 Å². The summed E-state index contributed by atoms with van der Waals surface area (Å²) in [4.78, 5) is 33.9. The monoisotopic (exact) mass is 403 g/mol. The van der Waals surface area contributed by atoms with Crippen LogP contribution >= 0.6 is 0 Å². The van der Waals surface area contributed by atoms with Crippen LogP contribution in [0, 0.1) is 29.5 Å². The minimum Gasteiger partial charge on any atom is -0.384 e. The van der Waals surface area contributed by atoms with Crippen LogP contribution in [0.1, 0.15) is 31.4 Å². The highest BCUT2D eigenvalue weighted by Gasteiger charge is 2.45. The van der Waals surface area contributed by atoms with Crippen molar-refractivity contribution in [2.24, 2.45) is 23.7 Å². The number of aromatic nitrogens is 1. The predicted octanol–water partition coefficient (Wildman–Crippen LogP) is 2.13. The minimum atomic E-state index is -0.404. The van der Waals surface area contributed by atoms with Crippen LogP contribution in [0.15, 0.2) is 18.3 Å². The number of amides is 2. The van der Waals surface area contributed by atoms with Crippen LogP contribution in [0.2, 0.25) is 0 Å². The zero-order chi connectivity index (χ0) is 20.4. The molecule has 7 heteroatoms. The first-order valence-corrected chi connectivity index (χ1v) is 10.7. The van der Waals surface area contributed by atoms with Crippen molar-refractivity contribution in [1.29, 1.82) is 0 Å². The van der Waals surface area contributed by atoms with Gasteiger partial charge < -0.3 is 14.5 Å². The fourth-order valence-electron chi connectivity index (χ4n) is 4.93. The van der Waals surface area contributed by atoms with Gasteiger partial charge in [-0.05, 0) is 49.7 Å². The van der Waals surface area contributed by atoms with Crippen LogP contribution in [0.5, 0.6) is 0 Å². The number of carbonyl (C=O) groups excluding carboxylic acids is 2. The first-order valence-electron chi connectivity index (χ1n) is 10.7. The maximum atomic E-state index is 13.2. The molecule has 0 radical (unpaired) electrons. The molecule has 2 saturated heterocycles. The molecule has 4 rings (SSSR count). The minimum absolute atomic E-state index is 0.00617. The van der Waals surface area contributed by atoms with E-state index >= 15 is 0 Å². The van der Waals surface area contributed by atoms with E-state index in [-0.39, 0.29) is 30.1 Å². The Labute approximate surface area is 171 Å². The average Bonchev–Trinajstić information content (AvgIpc) is 3.53. The highest BCUT2D eigenvalue weighted by molar-refractivity contribution is 5.81. The molecule has 158 valence electrons. The molecule has 3 fully saturated rings. The summed E-state index contributed by atoms with van der Waals surface area (Å²) in [5, 5.41) is 0. The van der Waals surface area contributed by atoms with Crippen LogP contribution < -0.4 is 0 Å². The Morgan fingerprint density at radius 2 is 2.03 bits per heavy atom. The lowest BCUT2D eigenvalue weighted by atomic mass is 9.74. The summed E-state index contributed by atoms with van der Waals surface area (Å²) < 4.78 is 18.5. The molecule has 3 heterocycles. The molecule has 29 heavy (non-hydrogen) atoms. The molecule has 1 aliphatic carbocycles. The van der Waals surface area contributed by atoms with Gasteiger partial charge in [-0.2, -0.15) is 0 Å². The van der Waals surface area contributed by atoms with Crippen molar-refractivity contribution in [3.8, 4) is 0 Å². The highest BCUT2D eigenvalue weighted by atomic mass is 19.1. The number of hydrogen-bond donors (Lipinski definition) is 0. The first-order chi connectivity index (χ1) is 14.0. The van der Waals surface area contributed by atoms with Gasteiger partial charge >= 0.3 is 0 Å². The molecule has 2 aliphatic heterocycles. The van der Waals surface area contributed by atoms with Crippen molar-refractivity contribution in [2.45, 2.75) is 32.1 Å². The third kappa shape index (κ3) is 4.77. The highest BCUT2D eigenvalue weighted by Crippen LogP contribution is 2.39. The summed E-state index contributed by atoms with van der Waals surface area (Å²) >= 11 is 0. The summed E-state index contributed by atoms with van der Waals surface area (Å²) in [6.45, 7) is 3.54. The van der Waals surface area contributed by atoms with Crippen molar-refractivity contribution in [3.05, 3.63) is 29.8 Å². The average molecular weight is 403 g/mol. The summed E-state index contributed by atoms with van der Waals surface area (Å²) in [6.07, 6.45) is 5.29. The second-order valence-corrected chi connectivity index (χ2v) is 8.78. The number of fused-ring (bicyclic) bond motifs is 1. The van der Waals surface area contributed by atoms with Gasteiger partial charge in [-0.3, -0.25) is 14.6 Å². The maximum Gasteiger partial charge on any atom is 0.228 e. The molecule has 1 unspecified atom stereocenters. The first kappa shape index (κ1) is 20.3. The van der Waals surface area contributed by atoms with Gasteiger partial charge in [0, 0.05) is 50.8 Å². The van der Waals surface area contributed by atoms with Gasteiger partial charge in [0.2, 0.25) is 11.8 Å². The molecule has 0 N–H and O–H groups in total. The number of piperidine rings is 1. The van der Waals surface area contributed by atoms with Gasteiger partial charge in [0.1, 0.15) is 5.82 Å². The number of nitrogens with zero attached hydrogens (tertiary/aromatic N) is 3. The molecular weight excluding hydrogens is 373 g/mol. The Balaban J connectivity index is 1.42. The Morgan fingerprint density at radius 3 is 2.72 bits per heavy atom. The lowest BCUT2D eigenvalue weighted by Gasteiger charge is -2.42. The smallest absolute Gasteiger partial charge is 0.228 e. The summed E-state index contributed by atoms with van der Waals surface area (Å²) in [7, 11) is 1.72. The van der Waals surface area contributed by atoms with Crippen LogP contribution in [-0.4, -0.2) is 66.5 Å². The number of pyridine rings is 1. The molecule has 3 aliphatic rings.